The van der Waals surface area contributed by atoms with E-state index in [0.29, 0.717) is 12.8 Å². The molecule has 1 saturated heterocycles. The molecule has 0 amide bonds. The Bertz CT molecular complexity index is 1420. The van der Waals surface area contributed by atoms with Gasteiger partial charge in [0, 0.05) is 12.5 Å². The average molecular weight is 674 g/mol. The molecular weight excluding hydrogens is 628 g/mol. The third-order valence-electron chi connectivity index (χ3n) is 9.32. The molecule has 0 saturated carbocycles. The molecule has 1 unspecified atom stereocenters. The largest absolute Gasteiger partial charge is 0.508 e. The Morgan fingerprint density at radius 1 is 0.848 bits per heavy atom. The Morgan fingerprint density at radius 2 is 1.57 bits per heavy atom. The maximum Gasteiger partial charge on any atom is 0.453 e. The highest BCUT2D eigenvalue weighted by Crippen LogP contribution is 2.40. The molecule has 256 valence electrons. The number of aryl methyl sites for hydroxylation is 1. The molecule has 1 aliphatic carbocycles. The minimum absolute atomic E-state index is 0.201. The molecule has 46 heavy (non-hydrogen) atoms. The van der Waals surface area contributed by atoms with Crippen molar-refractivity contribution in [3.05, 3.63) is 65.0 Å². The summed E-state index contributed by atoms with van der Waals surface area (Å²) in [6.45, 7) is 1.86. The molecule has 1 fully saturated rings. The number of nitrogens with zero attached hydrogens (tertiary/aromatic N) is 1. The zero-order valence-corrected chi connectivity index (χ0v) is 27.1. The molecule has 1 aliphatic heterocycles. The average Bonchev–Trinajstić information content (AvgIpc) is 3.34. The lowest BCUT2D eigenvalue weighted by Crippen LogP contribution is -2.36. The highest BCUT2D eigenvalue weighted by atomic mass is 32.2. The van der Waals surface area contributed by atoms with Crippen LogP contribution in [0.2, 0.25) is 0 Å². The molecule has 2 aromatic carbocycles. The third-order valence-corrected chi connectivity index (χ3v) is 11.1. The smallest absolute Gasteiger partial charge is 0.453 e. The zero-order valence-electron chi connectivity index (χ0n) is 26.2. The van der Waals surface area contributed by atoms with Gasteiger partial charge in [-0.2, -0.15) is 22.0 Å². The van der Waals surface area contributed by atoms with Crippen molar-refractivity contribution in [2.24, 2.45) is 0 Å². The number of halogens is 6. The fourth-order valence-corrected chi connectivity index (χ4v) is 8.28. The van der Waals surface area contributed by atoms with Gasteiger partial charge in [0.15, 0.2) is 0 Å². The Hall–Kier alpha value is -2.53. The molecule has 0 spiro atoms. The number of sulfone groups is 1. The van der Waals surface area contributed by atoms with Crippen molar-refractivity contribution < 1.29 is 39.9 Å². The standard InChI is InChI=1S/C35H45F6NO3S/c36-28-16-14-26(15-17-28)31-13-5-9-27-25-30(43)18-19-32(27)33(31)12-3-1-2-4-21-42-22-6-10-29(42)11-7-23-46(44,45)24-8-20-34(37,38)35(39,40)41/h14-19,25,29,43H,1-13,20-24H2. The van der Waals surface area contributed by atoms with Crippen LogP contribution in [0.25, 0.3) is 11.1 Å². The van der Waals surface area contributed by atoms with Gasteiger partial charge in [-0.3, -0.25) is 0 Å². The van der Waals surface area contributed by atoms with Gasteiger partial charge in [0.1, 0.15) is 21.4 Å². The molecule has 4 nitrogen and oxygen atoms in total. The van der Waals surface area contributed by atoms with Gasteiger partial charge in [-0.25, -0.2) is 12.8 Å². The van der Waals surface area contributed by atoms with E-state index in [9.17, 15) is 39.9 Å². The number of allylic oxidation sites excluding steroid dienone is 2. The van der Waals surface area contributed by atoms with Gasteiger partial charge >= 0.3 is 12.1 Å². The highest BCUT2D eigenvalue weighted by molar-refractivity contribution is 7.91. The number of phenolic OH excluding ortho intramolecular Hbond substituents is 1. The van der Waals surface area contributed by atoms with Crippen LogP contribution >= 0.6 is 0 Å². The van der Waals surface area contributed by atoms with Crippen LogP contribution in [0.5, 0.6) is 5.75 Å². The maximum atomic E-state index is 13.7. The molecular formula is C35H45F6NO3S. The van der Waals surface area contributed by atoms with E-state index in [1.807, 2.05) is 24.3 Å². The number of hydrogen-bond donors (Lipinski definition) is 1. The van der Waals surface area contributed by atoms with Crippen LogP contribution in [0.15, 0.2) is 42.5 Å². The van der Waals surface area contributed by atoms with E-state index < -0.39 is 40.5 Å². The Kier molecular flexibility index (Phi) is 12.7. The van der Waals surface area contributed by atoms with Gasteiger partial charge in [0.05, 0.1) is 11.5 Å². The van der Waals surface area contributed by atoms with Gasteiger partial charge in [0.25, 0.3) is 0 Å². The fraction of sp³-hybridized carbons (Fsp3) is 0.600. The highest BCUT2D eigenvalue weighted by Gasteiger charge is 2.56. The maximum absolute atomic E-state index is 13.7. The minimum Gasteiger partial charge on any atom is -0.508 e. The minimum atomic E-state index is -5.67. The summed E-state index contributed by atoms with van der Waals surface area (Å²) in [5, 5.41) is 10.1. The van der Waals surface area contributed by atoms with Crippen molar-refractivity contribution >= 4 is 21.0 Å². The lowest BCUT2D eigenvalue weighted by atomic mass is 9.89. The van der Waals surface area contributed by atoms with E-state index in [4.69, 9.17) is 0 Å². The molecule has 11 heteroatoms. The molecule has 1 N–H and O–H groups in total. The first-order valence-electron chi connectivity index (χ1n) is 16.4. The SMILES string of the molecule is O=S(=O)(CCCC1CCCN1CCCCCCC1=C(c2ccc(F)cc2)CCCc2cc(O)ccc21)CCCC(F)(F)C(F)(F)F. The summed E-state index contributed by atoms with van der Waals surface area (Å²) in [6, 6.07) is 12.5. The van der Waals surface area contributed by atoms with Crippen molar-refractivity contribution in [2.75, 3.05) is 24.6 Å². The van der Waals surface area contributed by atoms with Crippen LogP contribution in [0.1, 0.15) is 100 Å². The van der Waals surface area contributed by atoms with Crippen molar-refractivity contribution in [1.29, 1.82) is 0 Å². The Labute approximate surface area is 268 Å². The number of hydrogen-bond acceptors (Lipinski definition) is 4. The van der Waals surface area contributed by atoms with Gasteiger partial charge in [-0.15, -0.1) is 0 Å². The van der Waals surface area contributed by atoms with Crippen molar-refractivity contribution in [3.8, 4) is 5.75 Å². The van der Waals surface area contributed by atoms with Crippen LogP contribution in [0, 0.1) is 5.82 Å². The summed E-state index contributed by atoms with van der Waals surface area (Å²) in [7, 11) is -3.69. The number of alkyl halides is 5. The number of phenols is 1. The molecule has 0 bridgehead atoms. The van der Waals surface area contributed by atoms with E-state index in [1.54, 1.807) is 6.07 Å². The van der Waals surface area contributed by atoms with E-state index in [0.717, 1.165) is 94.0 Å². The topological polar surface area (TPSA) is 57.6 Å². The van der Waals surface area contributed by atoms with Crippen molar-refractivity contribution in [1.82, 2.24) is 4.90 Å². The monoisotopic (exact) mass is 673 g/mol. The number of unbranched alkanes of at least 4 members (excludes halogenated alkanes) is 3. The van der Waals surface area contributed by atoms with Crippen LogP contribution in [0.4, 0.5) is 26.3 Å². The summed E-state index contributed by atoms with van der Waals surface area (Å²) >= 11 is 0. The van der Waals surface area contributed by atoms with Crippen LogP contribution in [-0.2, 0) is 16.3 Å². The summed E-state index contributed by atoms with van der Waals surface area (Å²) < 4.78 is 101. The number of aromatic hydroxyl groups is 1. The van der Waals surface area contributed by atoms with Gasteiger partial charge in [0.2, 0.25) is 0 Å². The van der Waals surface area contributed by atoms with E-state index in [-0.39, 0.29) is 23.4 Å². The number of fused-ring (bicyclic) bond motifs is 1. The third kappa shape index (κ3) is 10.2. The van der Waals surface area contributed by atoms with Gasteiger partial charge in [-0.05, 0) is 136 Å². The first-order chi connectivity index (χ1) is 21.8. The molecule has 0 radical (unpaired) electrons. The summed E-state index contributed by atoms with van der Waals surface area (Å²) in [5.74, 6) is -5.74. The van der Waals surface area contributed by atoms with Crippen LogP contribution in [0.3, 0.4) is 0 Å². The lowest BCUT2D eigenvalue weighted by Gasteiger charge is -2.24. The first-order valence-corrected chi connectivity index (χ1v) is 18.3. The molecule has 0 aromatic heterocycles. The quantitative estimate of drug-likeness (QED) is 0.143. The molecule has 2 aliphatic rings. The number of likely N-dealkylation sites (tertiary alicyclic amines) is 1. The molecule has 1 heterocycles. The van der Waals surface area contributed by atoms with E-state index >= 15 is 0 Å². The summed E-state index contributed by atoms with van der Waals surface area (Å²) in [6.07, 6.45) is 2.82. The normalized spacial score (nSPS) is 18.2. The second-order valence-electron chi connectivity index (χ2n) is 12.8. The van der Waals surface area contributed by atoms with E-state index in [1.165, 1.54) is 23.3 Å². The Morgan fingerprint density at radius 3 is 2.30 bits per heavy atom. The van der Waals surface area contributed by atoms with Crippen molar-refractivity contribution in [3.63, 3.8) is 0 Å². The summed E-state index contributed by atoms with van der Waals surface area (Å²) in [5.41, 5.74) is 5.85. The van der Waals surface area contributed by atoms with Gasteiger partial charge in [-0.1, -0.05) is 31.0 Å². The van der Waals surface area contributed by atoms with E-state index in [2.05, 4.69) is 4.90 Å². The predicted molar refractivity (Wildman–Crippen MR) is 170 cm³/mol. The number of benzene rings is 2. The first kappa shape index (κ1) is 36.3. The second-order valence-corrected chi connectivity index (χ2v) is 15.1. The Balaban J connectivity index is 1.22. The zero-order chi connectivity index (χ0) is 33.4. The molecule has 1 atom stereocenters. The lowest BCUT2D eigenvalue weighted by molar-refractivity contribution is -0.284. The summed E-state index contributed by atoms with van der Waals surface area (Å²) in [4.78, 5) is 2.39. The molecule has 4 rings (SSSR count). The number of rotatable bonds is 16. The second kappa shape index (κ2) is 16.0. The molecule has 2 aromatic rings. The van der Waals surface area contributed by atoms with Gasteiger partial charge < -0.3 is 10.0 Å². The van der Waals surface area contributed by atoms with Crippen molar-refractivity contribution in [2.45, 2.75) is 108 Å². The fourth-order valence-electron chi connectivity index (χ4n) is 6.89. The predicted octanol–water partition coefficient (Wildman–Crippen LogP) is 9.37. The van der Waals surface area contributed by atoms with Crippen LogP contribution in [-0.4, -0.2) is 61.2 Å². The van der Waals surface area contributed by atoms with Crippen LogP contribution < -0.4 is 0 Å².